The van der Waals surface area contributed by atoms with Gasteiger partial charge >= 0.3 is 6.03 Å². The molecule has 1 saturated heterocycles. The Morgan fingerprint density at radius 2 is 1.71 bits per heavy atom. The molecular formula is C17H18N2O2. The number of para-hydroxylation sites is 1. The van der Waals surface area contributed by atoms with Gasteiger partial charge in [0.15, 0.2) is 0 Å². The second-order valence-corrected chi connectivity index (χ2v) is 5.08. The van der Waals surface area contributed by atoms with Gasteiger partial charge in [0.05, 0.1) is 6.54 Å². The lowest BCUT2D eigenvalue weighted by atomic mass is 10.1. The third-order valence-corrected chi connectivity index (χ3v) is 3.62. The van der Waals surface area contributed by atoms with Crippen LogP contribution in [0.4, 0.5) is 10.5 Å². The molecule has 21 heavy (non-hydrogen) atoms. The highest BCUT2D eigenvalue weighted by atomic mass is 16.5. The first-order chi connectivity index (χ1) is 10.2. The van der Waals surface area contributed by atoms with E-state index in [4.69, 9.17) is 4.74 Å². The number of amides is 2. The van der Waals surface area contributed by atoms with E-state index in [1.165, 1.54) is 0 Å². The number of nitrogens with zero attached hydrogens (tertiary/aromatic N) is 1. The number of rotatable bonds is 2. The summed E-state index contributed by atoms with van der Waals surface area (Å²) < 4.78 is 5.88. The number of anilines is 1. The Bertz CT molecular complexity index is 601. The minimum absolute atomic E-state index is 0.0669. The van der Waals surface area contributed by atoms with Crippen LogP contribution >= 0.6 is 0 Å². The van der Waals surface area contributed by atoms with Crippen LogP contribution in [0.15, 0.2) is 60.7 Å². The van der Waals surface area contributed by atoms with Crippen molar-refractivity contribution in [2.24, 2.45) is 0 Å². The van der Waals surface area contributed by atoms with Crippen LogP contribution < -0.4 is 5.32 Å². The Kier molecular flexibility index (Phi) is 3.88. The van der Waals surface area contributed by atoms with Crippen LogP contribution in [0.3, 0.4) is 0 Å². The average molecular weight is 282 g/mol. The Hall–Kier alpha value is -2.33. The van der Waals surface area contributed by atoms with Crippen molar-refractivity contribution in [1.29, 1.82) is 0 Å². The van der Waals surface area contributed by atoms with Crippen LogP contribution in [0, 0.1) is 0 Å². The molecule has 0 aliphatic carbocycles. The molecule has 2 unspecified atom stereocenters. The first-order valence-electron chi connectivity index (χ1n) is 7.07. The number of ether oxygens (including phenoxy) is 1. The van der Waals surface area contributed by atoms with Gasteiger partial charge in [0.25, 0.3) is 0 Å². The van der Waals surface area contributed by atoms with Crippen molar-refractivity contribution in [1.82, 2.24) is 4.90 Å². The van der Waals surface area contributed by atoms with E-state index in [1.54, 1.807) is 4.90 Å². The molecule has 0 aromatic heterocycles. The molecule has 2 amide bonds. The molecule has 0 saturated carbocycles. The van der Waals surface area contributed by atoms with Crippen LogP contribution in [0.5, 0.6) is 0 Å². The zero-order valence-corrected chi connectivity index (χ0v) is 11.9. The molecule has 1 heterocycles. The number of benzene rings is 2. The Morgan fingerprint density at radius 1 is 1.10 bits per heavy atom. The van der Waals surface area contributed by atoms with Crippen molar-refractivity contribution in [2.75, 3.05) is 11.9 Å². The number of nitrogens with one attached hydrogen (secondary N) is 1. The molecule has 4 heteroatoms. The summed E-state index contributed by atoms with van der Waals surface area (Å²) in [6.45, 7) is 2.46. The van der Waals surface area contributed by atoms with Crippen molar-refractivity contribution >= 4 is 11.7 Å². The smallest absolute Gasteiger partial charge is 0.323 e. The fourth-order valence-corrected chi connectivity index (χ4v) is 2.50. The van der Waals surface area contributed by atoms with E-state index in [0.29, 0.717) is 6.54 Å². The second kappa shape index (κ2) is 5.97. The third kappa shape index (κ3) is 3.06. The Labute approximate surface area is 124 Å². The lowest BCUT2D eigenvalue weighted by Crippen LogP contribution is -2.37. The van der Waals surface area contributed by atoms with Crippen molar-refractivity contribution < 1.29 is 9.53 Å². The molecule has 1 N–H and O–H groups in total. The van der Waals surface area contributed by atoms with E-state index in [-0.39, 0.29) is 18.4 Å². The van der Waals surface area contributed by atoms with E-state index in [0.717, 1.165) is 11.3 Å². The molecule has 3 rings (SSSR count). The summed E-state index contributed by atoms with van der Waals surface area (Å²) in [6, 6.07) is 19.3. The topological polar surface area (TPSA) is 41.6 Å². The molecule has 2 aromatic carbocycles. The van der Waals surface area contributed by atoms with E-state index in [1.807, 2.05) is 67.6 Å². The van der Waals surface area contributed by atoms with Gasteiger partial charge in [0.2, 0.25) is 0 Å². The number of carbonyl (C=O) groups excluding carboxylic acids is 1. The van der Waals surface area contributed by atoms with E-state index >= 15 is 0 Å². The summed E-state index contributed by atoms with van der Waals surface area (Å²) in [5.74, 6) is 0. The van der Waals surface area contributed by atoms with Gasteiger partial charge in [0, 0.05) is 5.69 Å². The molecule has 1 aliphatic rings. The van der Waals surface area contributed by atoms with Crippen molar-refractivity contribution in [3.05, 3.63) is 66.2 Å². The molecule has 4 nitrogen and oxygen atoms in total. The summed E-state index contributed by atoms with van der Waals surface area (Å²) in [7, 11) is 0. The summed E-state index contributed by atoms with van der Waals surface area (Å²) >= 11 is 0. The van der Waals surface area contributed by atoms with Gasteiger partial charge in [-0.25, -0.2) is 4.79 Å². The highest BCUT2D eigenvalue weighted by Gasteiger charge is 2.33. The first-order valence-corrected chi connectivity index (χ1v) is 7.07. The predicted molar refractivity (Wildman–Crippen MR) is 81.9 cm³/mol. The molecule has 0 bridgehead atoms. The number of hydrogen-bond acceptors (Lipinski definition) is 2. The standard InChI is InChI=1S/C17H18N2O2/c1-13-19(17(20)18-15-10-6-3-7-11-15)12-16(21-13)14-8-4-2-5-9-14/h2-11,13,16H,12H2,1H3,(H,18,20). The average Bonchev–Trinajstić information content (AvgIpc) is 2.91. The van der Waals surface area contributed by atoms with Gasteiger partial charge in [-0.05, 0) is 24.6 Å². The van der Waals surface area contributed by atoms with Gasteiger partial charge in [-0.1, -0.05) is 48.5 Å². The predicted octanol–water partition coefficient (Wildman–Crippen LogP) is 3.64. The highest BCUT2D eigenvalue weighted by molar-refractivity contribution is 5.89. The van der Waals surface area contributed by atoms with E-state index in [9.17, 15) is 4.79 Å². The Balaban J connectivity index is 1.68. The summed E-state index contributed by atoms with van der Waals surface area (Å²) in [5.41, 5.74) is 1.89. The van der Waals surface area contributed by atoms with Crippen LogP contribution in [-0.4, -0.2) is 23.7 Å². The fraction of sp³-hybridized carbons (Fsp3) is 0.235. The maximum absolute atomic E-state index is 12.3. The molecule has 1 aliphatic heterocycles. The van der Waals surface area contributed by atoms with Gasteiger partial charge in [-0.15, -0.1) is 0 Å². The summed E-state index contributed by atoms with van der Waals surface area (Å²) in [5, 5.41) is 2.89. The molecule has 0 radical (unpaired) electrons. The fourth-order valence-electron chi connectivity index (χ4n) is 2.50. The zero-order valence-electron chi connectivity index (χ0n) is 11.9. The SMILES string of the molecule is CC1OC(c2ccccc2)CN1C(=O)Nc1ccccc1. The Morgan fingerprint density at radius 3 is 2.38 bits per heavy atom. The molecule has 2 atom stereocenters. The zero-order chi connectivity index (χ0) is 14.7. The molecule has 108 valence electrons. The van der Waals surface area contributed by atoms with Gasteiger partial charge in [-0.2, -0.15) is 0 Å². The molecule has 1 fully saturated rings. The van der Waals surface area contributed by atoms with Crippen molar-refractivity contribution in [3.8, 4) is 0 Å². The maximum atomic E-state index is 12.3. The largest absolute Gasteiger partial charge is 0.349 e. The first kappa shape index (κ1) is 13.6. The van der Waals surface area contributed by atoms with Crippen LogP contribution in [0.25, 0.3) is 0 Å². The lowest BCUT2D eigenvalue weighted by molar-refractivity contribution is 0.0259. The van der Waals surface area contributed by atoms with Gasteiger partial charge in [-0.3, -0.25) is 4.90 Å². The van der Waals surface area contributed by atoms with Crippen LogP contribution in [-0.2, 0) is 4.74 Å². The van der Waals surface area contributed by atoms with Gasteiger partial charge < -0.3 is 10.1 Å². The summed E-state index contributed by atoms with van der Waals surface area (Å²) in [4.78, 5) is 14.0. The quantitative estimate of drug-likeness (QED) is 0.913. The molecule has 2 aromatic rings. The minimum Gasteiger partial charge on any atom is -0.349 e. The number of carbonyl (C=O) groups is 1. The second-order valence-electron chi connectivity index (χ2n) is 5.08. The minimum atomic E-state index is -0.237. The van der Waals surface area contributed by atoms with Crippen LogP contribution in [0.2, 0.25) is 0 Å². The van der Waals surface area contributed by atoms with Crippen molar-refractivity contribution in [2.45, 2.75) is 19.3 Å². The van der Waals surface area contributed by atoms with Gasteiger partial charge in [0.1, 0.15) is 12.3 Å². The number of urea groups is 1. The molecule has 0 spiro atoms. The highest BCUT2D eigenvalue weighted by Crippen LogP contribution is 2.28. The normalized spacial score (nSPS) is 21.3. The maximum Gasteiger partial charge on any atom is 0.323 e. The van der Waals surface area contributed by atoms with E-state index < -0.39 is 0 Å². The monoisotopic (exact) mass is 282 g/mol. The summed E-state index contributed by atoms with van der Waals surface area (Å²) in [6.07, 6.45) is -0.304. The van der Waals surface area contributed by atoms with Crippen molar-refractivity contribution in [3.63, 3.8) is 0 Å². The number of hydrogen-bond donors (Lipinski definition) is 1. The van der Waals surface area contributed by atoms with E-state index in [2.05, 4.69) is 5.32 Å². The molecular weight excluding hydrogens is 264 g/mol. The van der Waals surface area contributed by atoms with Crippen LogP contribution in [0.1, 0.15) is 18.6 Å². The lowest BCUT2D eigenvalue weighted by Gasteiger charge is -2.19. The third-order valence-electron chi connectivity index (χ3n) is 3.62.